The van der Waals surface area contributed by atoms with Crippen molar-refractivity contribution < 1.29 is 44.2 Å². The number of aliphatic hydroxyl groups is 1. The second-order valence-corrected chi connectivity index (χ2v) is 14.1. The monoisotopic (exact) mass is 709 g/mol. The molecule has 1 aliphatic carbocycles. The number of benzene rings is 2. The molecule has 2 aromatic rings. The first kappa shape index (κ1) is 38.1. The Balaban J connectivity index is 1.37. The van der Waals surface area contributed by atoms with E-state index in [1.165, 1.54) is 14.2 Å². The molecule has 5 unspecified atom stereocenters. The van der Waals surface area contributed by atoms with Crippen LogP contribution in [-0.4, -0.2) is 78.6 Å². The summed E-state index contributed by atoms with van der Waals surface area (Å²) in [7, 11) is 2.98. The predicted molar refractivity (Wildman–Crippen MR) is 193 cm³/mol. The van der Waals surface area contributed by atoms with Gasteiger partial charge in [-0.3, -0.25) is 4.79 Å². The molecule has 1 saturated carbocycles. The molecular weight excluding hydrogens is 654 g/mol. The van der Waals surface area contributed by atoms with Crippen molar-refractivity contribution in [1.82, 2.24) is 10.6 Å². The summed E-state index contributed by atoms with van der Waals surface area (Å²) in [5.74, 6) is 0.178. The molecule has 1 saturated heterocycles. The van der Waals surface area contributed by atoms with E-state index in [9.17, 15) is 25.2 Å². The number of hydrogen-bond donors (Lipinski definition) is 7. The Hall–Kier alpha value is -4.13. The van der Waals surface area contributed by atoms with E-state index in [1.807, 2.05) is 19.1 Å². The van der Waals surface area contributed by atoms with Gasteiger partial charge in [-0.15, -0.1) is 0 Å². The van der Waals surface area contributed by atoms with Gasteiger partial charge in [0, 0.05) is 19.0 Å². The van der Waals surface area contributed by atoms with Gasteiger partial charge in [-0.25, -0.2) is 0 Å². The van der Waals surface area contributed by atoms with E-state index in [4.69, 9.17) is 24.7 Å². The van der Waals surface area contributed by atoms with Crippen LogP contribution < -0.4 is 30.6 Å². The Bertz CT molecular complexity index is 1550. The highest BCUT2D eigenvalue weighted by atomic mass is 16.5. The summed E-state index contributed by atoms with van der Waals surface area (Å²) in [5.41, 5.74) is 7.83. The maximum Gasteiger partial charge on any atom is 0.309 e. The SMILES string of the molecule is CCNC(COc1cc(C2CC(O)CC(CCc3ccc(O)c(OC)c3)O2)cc(OC)c1O)C(CC1=CCNC(N)=C1)C1(C(=O)O)CCCCC1. The number of likely N-dealkylation sites (N-methyl/N-ethyl adjacent to an activating group) is 1. The molecule has 0 bridgehead atoms. The number of dihydropyridines is 1. The van der Waals surface area contributed by atoms with Gasteiger partial charge in [-0.2, -0.15) is 0 Å². The Morgan fingerprint density at radius 3 is 2.51 bits per heavy atom. The second-order valence-electron chi connectivity index (χ2n) is 14.1. The number of phenolic OH excluding ortho intramolecular Hbond substituents is 2. The van der Waals surface area contributed by atoms with Crippen molar-refractivity contribution in [1.29, 1.82) is 0 Å². The minimum Gasteiger partial charge on any atom is -0.504 e. The van der Waals surface area contributed by atoms with Gasteiger partial charge >= 0.3 is 5.97 Å². The molecule has 2 aromatic carbocycles. The summed E-state index contributed by atoms with van der Waals surface area (Å²) >= 11 is 0. The van der Waals surface area contributed by atoms with E-state index >= 15 is 0 Å². The van der Waals surface area contributed by atoms with Crippen molar-refractivity contribution in [3.8, 4) is 28.7 Å². The Labute approximate surface area is 300 Å². The minimum absolute atomic E-state index is 0.0779. The zero-order valence-electron chi connectivity index (χ0n) is 30.0. The first-order chi connectivity index (χ1) is 24.6. The summed E-state index contributed by atoms with van der Waals surface area (Å²) in [6.07, 6.45) is 9.14. The molecule has 280 valence electrons. The van der Waals surface area contributed by atoms with Crippen LogP contribution in [0.15, 0.2) is 53.9 Å². The molecule has 12 heteroatoms. The molecule has 2 heterocycles. The van der Waals surface area contributed by atoms with Gasteiger partial charge in [0.25, 0.3) is 0 Å². The fraction of sp³-hybridized carbons (Fsp3) is 0.564. The van der Waals surface area contributed by atoms with Crippen LogP contribution in [0.1, 0.15) is 81.9 Å². The summed E-state index contributed by atoms with van der Waals surface area (Å²) in [6, 6.07) is 8.32. The quantitative estimate of drug-likeness (QED) is 0.123. The number of aliphatic hydroxyl groups excluding tert-OH is 1. The summed E-state index contributed by atoms with van der Waals surface area (Å²) in [4.78, 5) is 13.1. The van der Waals surface area contributed by atoms with E-state index in [-0.39, 0.29) is 47.7 Å². The third-order valence-corrected chi connectivity index (χ3v) is 10.7. The van der Waals surface area contributed by atoms with Gasteiger partial charge in [0.05, 0.1) is 43.8 Å². The smallest absolute Gasteiger partial charge is 0.309 e. The van der Waals surface area contributed by atoms with Crippen LogP contribution in [0.5, 0.6) is 28.7 Å². The molecular formula is C39H55N3O9. The Morgan fingerprint density at radius 2 is 1.82 bits per heavy atom. The fourth-order valence-corrected chi connectivity index (χ4v) is 8.06. The van der Waals surface area contributed by atoms with Gasteiger partial charge in [-0.05, 0) is 98.0 Å². The normalized spacial score (nSPS) is 22.9. The molecule has 12 nitrogen and oxygen atoms in total. The zero-order valence-corrected chi connectivity index (χ0v) is 30.0. The highest BCUT2D eigenvalue weighted by Gasteiger charge is 2.49. The largest absolute Gasteiger partial charge is 0.504 e. The van der Waals surface area contributed by atoms with Crippen molar-refractivity contribution in [2.24, 2.45) is 17.1 Å². The number of carboxylic acids is 1. The van der Waals surface area contributed by atoms with Gasteiger partial charge in [0.1, 0.15) is 6.61 Å². The first-order valence-corrected chi connectivity index (χ1v) is 18.2. The second kappa shape index (κ2) is 17.4. The number of methoxy groups -OCH3 is 2. The highest BCUT2D eigenvalue weighted by Crippen LogP contribution is 2.48. The zero-order chi connectivity index (χ0) is 36.5. The van der Waals surface area contributed by atoms with Crippen molar-refractivity contribution in [2.75, 3.05) is 33.9 Å². The van der Waals surface area contributed by atoms with Crippen LogP contribution in [0.4, 0.5) is 0 Å². The Kier molecular flexibility index (Phi) is 13.0. The number of phenols is 2. The fourth-order valence-electron chi connectivity index (χ4n) is 8.06. The van der Waals surface area contributed by atoms with Crippen LogP contribution >= 0.6 is 0 Å². The van der Waals surface area contributed by atoms with Crippen LogP contribution in [0.2, 0.25) is 0 Å². The standard InChI is InChI=1S/C39H55N3O9/c1-4-41-30(29(16-25-12-15-42-36(40)18-25)39(38(46)47)13-6-5-7-14-39)23-50-35-20-26(19-34(49-3)37(35)45)32-22-27(43)21-28(51-32)10-8-24-9-11-31(44)33(17-24)48-2/h9,11-12,17-20,27-30,32,41-45H,4-8,10,13-16,21-23,40H2,1-3H3,(H,46,47). The maximum atomic E-state index is 13.1. The van der Waals surface area contributed by atoms with E-state index < -0.39 is 23.6 Å². The van der Waals surface area contributed by atoms with Gasteiger partial charge < -0.3 is 55.7 Å². The maximum absolute atomic E-state index is 13.1. The molecule has 51 heavy (non-hydrogen) atoms. The molecule has 0 spiro atoms. The van der Waals surface area contributed by atoms with E-state index in [0.29, 0.717) is 75.2 Å². The molecule has 8 N–H and O–H groups in total. The molecule has 0 amide bonds. The van der Waals surface area contributed by atoms with Gasteiger partial charge in [0.2, 0.25) is 5.75 Å². The average Bonchev–Trinajstić information content (AvgIpc) is 3.12. The first-order valence-electron chi connectivity index (χ1n) is 18.2. The summed E-state index contributed by atoms with van der Waals surface area (Å²) < 4.78 is 23.7. The summed E-state index contributed by atoms with van der Waals surface area (Å²) in [5, 5.41) is 49.5. The third kappa shape index (κ3) is 9.22. The van der Waals surface area contributed by atoms with E-state index in [1.54, 1.807) is 24.3 Å². The molecule has 3 aliphatic rings. The van der Waals surface area contributed by atoms with Crippen LogP contribution in [0.3, 0.4) is 0 Å². The van der Waals surface area contributed by atoms with Crippen LogP contribution in [-0.2, 0) is 16.0 Å². The summed E-state index contributed by atoms with van der Waals surface area (Å²) in [6.45, 7) is 3.27. The lowest BCUT2D eigenvalue weighted by molar-refractivity contribution is -0.157. The number of allylic oxidation sites excluding steroid dienone is 2. The average molecular weight is 710 g/mol. The van der Waals surface area contributed by atoms with Crippen molar-refractivity contribution >= 4 is 5.97 Å². The van der Waals surface area contributed by atoms with Crippen molar-refractivity contribution in [2.45, 2.75) is 95.5 Å². The topological polar surface area (TPSA) is 185 Å². The molecule has 0 radical (unpaired) electrons. The van der Waals surface area contributed by atoms with E-state index in [0.717, 1.165) is 30.4 Å². The lowest BCUT2D eigenvalue weighted by Gasteiger charge is -2.44. The molecule has 5 atom stereocenters. The lowest BCUT2D eigenvalue weighted by Crippen LogP contribution is -2.52. The minimum atomic E-state index is -0.948. The molecule has 5 rings (SSSR count). The number of hydrogen-bond acceptors (Lipinski definition) is 11. The number of carbonyl (C=O) groups is 1. The number of aryl methyl sites for hydroxylation is 1. The van der Waals surface area contributed by atoms with Crippen LogP contribution in [0, 0.1) is 11.3 Å². The van der Waals surface area contributed by atoms with Gasteiger partial charge in [0.15, 0.2) is 23.0 Å². The number of ether oxygens (including phenoxy) is 4. The number of carboxylic acid groups (broad SMARTS) is 1. The highest BCUT2D eigenvalue weighted by molar-refractivity contribution is 5.75. The predicted octanol–water partition coefficient (Wildman–Crippen LogP) is 5.06. The molecule has 2 aliphatic heterocycles. The number of rotatable bonds is 16. The van der Waals surface area contributed by atoms with Crippen molar-refractivity contribution in [3.05, 3.63) is 65.0 Å². The number of aromatic hydroxyl groups is 2. The molecule has 0 aromatic heterocycles. The number of aliphatic carboxylic acids is 1. The van der Waals surface area contributed by atoms with Crippen molar-refractivity contribution in [3.63, 3.8) is 0 Å². The number of nitrogens with two attached hydrogens (primary N) is 1. The van der Waals surface area contributed by atoms with Crippen LogP contribution in [0.25, 0.3) is 0 Å². The molecule has 2 fully saturated rings. The third-order valence-electron chi connectivity index (χ3n) is 10.7. The lowest BCUT2D eigenvalue weighted by atomic mass is 9.61. The van der Waals surface area contributed by atoms with Gasteiger partial charge in [-0.1, -0.05) is 38.3 Å². The number of nitrogens with one attached hydrogen (secondary N) is 2. The Morgan fingerprint density at radius 1 is 1.08 bits per heavy atom. The van der Waals surface area contributed by atoms with E-state index in [2.05, 4.69) is 16.7 Å².